The zero-order valence-electron chi connectivity index (χ0n) is 22.9. The van der Waals surface area contributed by atoms with Gasteiger partial charge >= 0.3 is 0 Å². The Morgan fingerprint density at radius 1 is 0.842 bits per heavy atom. The topological polar surface area (TPSA) is 71.4 Å². The molecule has 2 N–H and O–H groups in total. The van der Waals surface area contributed by atoms with Gasteiger partial charge in [-0.05, 0) is 99.0 Å². The lowest BCUT2D eigenvalue weighted by molar-refractivity contribution is 0.148. The summed E-state index contributed by atoms with van der Waals surface area (Å²) < 4.78 is 7.55. The van der Waals surface area contributed by atoms with E-state index < -0.39 is 0 Å². The summed E-state index contributed by atoms with van der Waals surface area (Å²) in [7, 11) is 0. The maximum Gasteiger partial charge on any atom is 0.197 e. The fourth-order valence-corrected chi connectivity index (χ4v) is 9.23. The van der Waals surface area contributed by atoms with Crippen molar-refractivity contribution in [2.24, 2.45) is 23.7 Å². The molecule has 204 valence electrons. The van der Waals surface area contributed by atoms with Crippen LogP contribution in [0.5, 0.6) is 11.8 Å². The highest BCUT2D eigenvalue weighted by Gasteiger charge is 2.44. The second-order valence-corrected chi connectivity index (χ2v) is 13.3. The first-order valence-corrected chi connectivity index (χ1v) is 15.6. The van der Waals surface area contributed by atoms with Crippen molar-refractivity contribution in [1.82, 2.24) is 9.72 Å². The molecule has 3 aromatic rings. The minimum absolute atomic E-state index is 0.386. The molecule has 2 aromatic heterocycles. The van der Waals surface area contributed by atoms with Gasteiger partial charge in [0, 0.05) is 29.0 Å². The van der Waals surface area contributed by atoms with E-state index in [1.165, 1.54) is 88.1 Å². The Kier molecular flexibility index (Phi) is 6.44. The minimum atomic E-state index is 0.386. The molecule has 2 heterocycles. The number of benzene rings is 1. The third-order valence-corrected chi connectivity index (χ3v) is 11.3. The largest absolute Gasteiger partial charge is 0.494 e. The predicted octanol–water partition coefficient (Wildman–Crippen LogP) is 8.60. The van der Waals surface area contributed by atoms with Crippen LogP contribution >= 0.6 is 0 Å². The number of aromatic hydroxyl groups is 2. The van der Waals surface area contributed by atoms with E-state index in [2.05, 4.69) is 24.2 Å². The van der Waals surface area contributed by atoms with Crippen molar-refractivity contribution < 1.29 is 14.7 Å². The Morgan fingerprint density at radius 2 is 1.55 bits per heavy atom. The molecule has 5 nitrogen and oxygen atoms in total. The maximum atomic E-state index is 11.1. The van der Waals surface area contributed by atoms with Crippen molar-refractivity contribution >= 4 is 11.0 Å². The van der Waals surface area contributed by atoms with Gasteiger partial charge in [0.2, 0.25) is 0 Å². The Labute approximate surface area is 226 Å². The van der Waals surface area contributed by atoms with Gasteiger partial charge < -0.3 is 14.7 Å². The van der Waals surface area contributed by atoms with Crippen LogP contribution in [0.2, 0.25) is 0 Å². The third-order valence-electron chi connectivity index (χ3n) is 11.3. The van der Waals surface area contributed by atoms with Crippen molar-refractivity contribution in [2.75, 3.05) is 0 Å². The van der Waals surface area contributed by atoms with Crippen LogP contribution in [0, 0.1) is 23.7 Å². The minimum Gasteiger partial charge on any atom is -0.494 e. The molecular formula is C33H44N2O3. The summed E-state index contributed by atoms with van der Waals surface area (Å²) in [6, 6.07) is 8.31. The molecule has 2 bridgehead atoms. The summed E-state index contributed by atoms with van der Waals surface area (Å²) in [6.45, 7) is 3.28. The van der Waals surface area contributed by atoms with E-state index >= 15 is 0 Å². The van der Waals surface area contributed by atoms with Crippen molar-refractivity contribution in [3.63, 3.8) is 0 Å². The van der Waals surface area contributed by atoms with Crippen LogP contribution in [0.1, 0.15) is 125 Å². The predicted molar refractivity (Wildman–Crippen MR) is 150 cm³/mol. The van der Waals surface area contributed by atoms with Gasteiger partial charge in [-0.25, -0.2) is 0 Å². The van der Waals surface area contributed by atoms with Crippen LogP contribution < -0.4 is 0 Å². The number of fused-ring (bicyclic) bond motifs is 6. The Hall–Kier alpha value is -2.43. The van der Waals surface area contributed by atoms with Gasteiger partial charge in [0.15, 0.2) is 17.3 Å². The van der Waals surface area contributed by atoms with Crippen LogP contribution in [0.3, 0.4) is 0 Å². The van der Waals surface area contributed by atoms with Gasteiger partial charge in [-0.3, -0.25) is 4.57 Å². The molecule has 0 saturated heterocycles. The SMILES string of the molecule is CC(CC1CCCCC1Cn1c(O)c2c(c1O)C1CCC2C1)C1CCCC(c2noc3ccccc23)CC1. The normalized spacial score (nSPS) is 31.9. The summed E-state index contributed by atoms with van der Waals surface area (Å²) >= 11 is 0. The van der Waals surface area contributed by atoms with E-state index in [4.69, 9.17) is 4.52 Å². The maximum absolute atomic E-state index is 11.1. The Morgan fingerprint density at radius 3 is 2.34 bits per heavy atom. The smallest absolute Gasteiger partial charge is 0.197 e. The third kappa shape index (κ3) is 4.16. The van der Waals surface area contributed by atoms with Crippen LogP contribution in [-0.4, -0.2) is 19.9 Å². The summed E-state index contributed by atoms with van der Waals surface area (Å²) in [4.78, 5) is 0. The van der Waals surface area contributed by atoms with Gasteiger partial charge in [0.05, 0.1) is 5.69 Å². The summed E-state index contributed by atoms with van der Waals surface area (Å²) in [5, 5.41) is 28.0. The Bertz CT molecular complexity index is 1260. The highest BCUT2D eigenvalue weighted by molar-refractivity contribution is 5.79. The van der Waals surface area contributed by atoms with Gasteiger partial charge in [-0.2, -0.15) is 0 Å². The highest BCUT2D eigenvalue weighted by atomic mass is 16.5. The number of aromatic nitrogens is 2. The Balaban J connectivity index is 1.02. The lowest BCUT2D eigenvalue weighted by Gasteiger charge is -2.36. The average molecular weight is 517 g/mol. The zero-order chi connectivity index (χ0) is 25.8. The van der Waals surface area contributed by atoms with Crippen molar-refractivity contribution in [1.29, 1.82) is 0 Å². The summed E-state index contributed by atoms with van der Waals surface area (Å²) in [5.74, 6) is 4.94. The number of rotatable bonds is 6. The number of para-hydroxylation sites is 1. The van der Waals surface area contributed by atoms with Crippen molar-refractivity contribution in [3.8, 4) is 11.8 Å². The van der Waals surface area contributed by atoms with Crippen LogP contribution in [0.25, 0.3) is 11.0 Å². The van der Waals surface area contributed by atoms with Gasteiger partial charge in [0.25, 0.3) is 0 Å². The second kappa shape index (κ2) is 9.95. The quantitative estimate of drug-likeness (QED) is 0.322. The lowest BCUT2D eigenvalue weighted by atomic mass is 9.72. The van der Waals surface area contributed by atoms with E-state index in [0.717, 1.165) is 35.6 Å². The fraction of sp³-hybridized carbons (Fsp3) is 0.667. The first-order chi connectivity index (χ1) is 18.6. The van der Waals surface area contributed by atoms with Gasteiger partial charge in [-0.1, -0.05) is 56.3 Å². The molecule has 3 saturated carbocycles. The molecule has 7 atom stereocenters. The van der Waals surface area contributed by atoms with E-state index in [0.29, 0.717) is 47.3 Å². The molecule has 0 spiro atoms. The molecule has 0 radical (unpaired) electrons. The summed E-state index contributed by atoms with van der Waals surface area (Å²) in [6.07, 6.45) is 16.2. The zero-order valence-corrected chi connectivity index (χ0v) is 22.9. The lowest BCUT2D eigenvalue weighted by Crippen LogP contribution is -2.27. The molecule has 5 heteroatoms. The highest BCUT2D eigenvalue weighted by Crippen LogP contribution is 2.60. The van der Waals surface area contributed by atoms with Crippen LogP contribution in [0.4, 0.5) is 0 Å². The first-order valence-electron chi connectivity index (χ1n) is 15.6. The van der Waals surface area contributed by atoms with Gasteiger partial charge in [0.1, 0.15) is 0 Å². The van der Waals surface area contributed by atoms with Crippen LogP contribution in [0.15, 0.2) is 28.8 Å². The van der Waals surface area contributed by atoms with E-state index in [9.17, 15) is 10.2 Å². The number of hydrogen-bond donors (Lipinski definition) is 2. The molecule has 0 amide bonds. The van der Waals surface area contributed by atoms with E-state index in [1.807, 2.05) is 16.7 Å². The van der Waals surface area contributed by atoms with Gasteiger partial charge in [-0.15, -0.1) is 0 Å². The van der Waals surface area contributed by atoms with E-state index in [-0.39, 0.29) is 0 Å². The molecule has 38 heavy (non-hydrogen) atoms. The molecule has 0 aliphatic heterocycles. The average Bonchev–Trinajstić information content (AvgIpc) is 3.67. The molecule has 7 rings (SSSR count). The fourth-order valence-electron chi connectivity index (χ4n) is 9.23. The monoisotopic (exact) mass is 516 g/mol. The first kappa shape index (κ1) is 24.6. The van der Waals surface area contributed by atoms with Crippen LogP contribution in [-0.2, 0) is 6.54 Å². The number of hydrogen-bond acceptors (Lipinski definition) is 4. The molecule has 3 fully saturated rings. The second-order valence-electron chi connectivity index (χ2n) is 13.3. The molecule has 7 unspecified atom stereocenters. The van der Waals surface area contributed by atoms with Crippen molar-refractivity contribution in [3.05, 3.63) is 41.1 Å². The molecule has 4 aliphatic carbocycles. The number of nitrogens with zero attached hydrogens (tertiary/aromatic N) is 2. The van der Waals surface area contributed by atoms with E-state index in [1.54, 1.807) is 0 Å². The van der Waals surface area contributed by atoms with Crippen molar-refractivity contribution in [2.45, 2.75) is 115 Å². The summed E-state index contributed by atoms with van der Waals surface area (Å²) in [5.41, 5.74) is 4.27. The molecular weight excluding hydrogens is 472 g/mol. The molecule has 4 aliphatic rings. The standard InChI is InChI=1S/C33H44N2O3/c1-20(21-9-6-10-22(14-13-21)31-27-11-4-5-12-28(27)38-34-31)17-23-7-2-3-8-26(23)19-35-32(36)29-24-15-16-25(18-24)30(29)33(35)37/h4-5,11-12,20-26,36-37H,2-3,6-10,13-19H2,1H3. The molecule has 1 aromatic carbocycles.